The number of benzene rings is 2. The SMILES string of the molecule is C=C(C)C[C@H](NC(=O)c1cc(C(=O)N(CCC)CCC)cc(-c2ncco2)c1)[C@H](O)CNC1(c2cccc(CC)c2)CC1. The highest BCUT2D eigenvalue weighted by molar-refractivity contribution is 6.01. The normalized spacial score (nSPS) is 15.0. The third-order valence-electron chi connectivity index (χ3n) is 8.03. The first kappa shape index (κ1) is 32.2. The van der Waals surface area contributed by atoms with Crippen LogP contribution >= 0.6 is 0 Å². The lowest BCUT2D eigenvalue weighted by Crippen LogP contribution is -2.49. The fraction of sp³-hybridized carbons (Fsp3) is 0.457. The smallest absolute Gasteiger partial charge is 0.253 e. The number of oxazole rings is 1. The lowest BCUT2D eigenvalue weighted by atomic mass is 9.98. The Morgan fingerprint density at radius 1 is 1.09 bits per heavy atom. The molecule has 1 fully saturated rings. The number of carbonyl (C=O) groups is 2. The molecule has 2 amide bonds. The van der Waals surface area contributed by atoms with E-state index in [1.165, 1.54) is 23.6 Å². The van der Waals surface area contributed by atoms with Gasteiger partial charge in [-0.3, -0.25) is 9.59 Å². The van der Waals surface area contributed by atoms with Crippen LogP contribution in [0.4, 0.5) is 0 Å². The van der Waals surface area contributed by atoms with E-state index in [0.29, 0.717) is 48.6 Å². The van der Waals surface area contributed by atoms with E-state index in [2.05, 4.69) is 53.4 Å². The summed E-state index contributed by atoms with van der Waals surface area (Å²) in [5.74, 6) is -0.205. The van der Waals surface area contributed by atoms with Crippen molar-refractivity contribution in [2.24, 2.45) is 0 Å². The molecule has 3 aromatic rings. The molecule has 1 heterocycles. The van der Waals surface area contributed by atoms with Crippen LogP contribution in [0.25, 0.3) is 11.5 Å². The third kappa shape index (κ3) is 8.21. The second kappa shape index (κ2) is 14.6. The molecule has 43 heavy (non-hydrogen) atoms. The molecule has 0 aliphatic heterocycles. The van der Waals surface area contributed by atoms with Gasteiger partial charge in [0.25, 0.3) is 11.8 Å². The van der Waals surface area contributed by atoms with Gasteiger partial charge in [-0.2, -0.15) is 0 Å². The predicted molar refractivity (Wildman–Crippen MR) is 170 cm³/mol. The molecule has 2 atom stereocenters. The summed E-state index contributed by atoms with van der Waals surface area (Å²) in [4.78, 5) is 33.3. The van der Waals surface area contributed by atoms with Gasteiger partial charge in [0.1, 0.15) is 6.26 Å². The van der Waals surface area contributed by atoms with Crippen molar-refractivity contribution < 1.29 is 19.1 Å². The molecule has 0 spiro atoms. The van der Waals surface area contributed by atoms with Crippen LogP contribution in [0, 0.1) is 0 Å². The summed E-state index contributed by atoms with van der Waals surface area (Å²) >= 11 is 0. The van der Waals surface area contributed by atoms with Gasteiger partial charge in [0.05, 0.1) is 18.3 Å². The molecule has 1 aliphatic rings. The third-order valence-corrected chi connectivity index (χ3v) is 8.03. The number of hydrogen-bond donors (Lipinski definition) is 3. The Hall–Kier alpha value is -3.75. The number of aromatic nitrogens is 1. The van der Waals surface area contributed by atoms with Crippen molar-refractivity contribution in [2.75, 3.05) is 19.6 Å². The Kier molecular flexibility index (Phi) is 10.9. The Labute approximate surface area is 255 Å². The Morgan fingerprint density at radius 2 is 1.81 bits per heavy atom. The molecular weight excluding hydrogens is 540 g/mol. The van der Waals surface area contributed by atoms with Gasteiger partial charge in [-0.1, -0.05) is 50.6 Å². The monoisotopic (exact) mass is 586 g/mol. The summed E-state index contributed by atoms with van der Waals surface area (Å²) < 4.78 is 5.51. The number of rotatable bonds is 16. The molecule has 8 heteroatoms. The summed E-state index contributed by atoms with van der Waals surface area (Å²) in [5.41, 5.74) is 4.46. The number of aliphatic hydroxyl groups is 1. The highest BCUT2D eigenvalue weighted by Crippen LogP contribution is 2.45. The lowest BCUT2D eigenvalue weighted by molar-refractivity contribution is 0.0755. The maximum Gasteiger partial charge on any atom is 0.253 e. The van der Waals surface area contributed by atoms with E-state index in [9.17, 15) is 14.7 Å². The van der Waals surface area contributed by atoms with Gasteiger partial charge >= 0.3 is 0 Å². The zero-order valence-electron chi connectivity index (χ0n) is 26.0. The number of carbonyl (C=O) groups excluding carboxylic acids is 2. The lowest BCUT2D eigenvalue weighted by Gasteiger charge is -2.27. The summed E-state index contributed by atoms with van der Waals surface area (Å²) in [5, 5.41) is 17.9. The van der Waals surface area contributed by atoms with Crippen molar-refractivity contribution in [1.82, 2.24) is 20.5 Å². The van der Waals surface area contributed by atoms with Gasteiger partial charge in [-0.15, -0.1) is 6.58 Å². The highest BCUT2D eigenvalue weighted by atomic mass is 16.3. The number of hydrogen-bond acceptors (Lipinski definition) is 6. The molecule has 230 valence electrons. The van der Waals surface area contributed by atoms with Gasteiger partial charge in [-0.05, 0) is 74.8 Å². The predicted octanol–water partition coefficient (Wildman–Crippen LogP) is 5.87. The number of aliphatic hydroxyl groups excluding tert-OH is 1. The fourth-order valence-electron chi connectivity index (χ4n) is 5.54. The van der Waals surface area contributed by atoms with Gasteiger partial charge in [0.2, 0.25) is 5.89 Å². The van der Waals surface area contributed by atoms with Gasteiger partial charge in [-0.25, -0.2) is 4.98 Å². The van der Waals surface area contributed by atoms with E-state index in [0.717, 1.165) is 37.7 Å². The van der Waals surface area contributed by atoms with E-state index in [1.807, 2.05) is 20.8 Å². The first-order valence-electron chi connectivity index (χ1n) is 15.5. The molecule has 1 aromatic heterocycles. The van der Waals surface area contributed by atoms with Crippen molar-refractivity contribution in [2.45, 2.75) is 83.9 Å². The molecule has 0 bridgehead atoms. The van der Waals surface area contributed by atoms with Crippen LogP contribution in [0.2, 0.25) is 0 Å². The molecule has 0 saturated heterocycles. The second-order valence-corrected chi connectivity index (χ2v) is 11.8. The van der Waals surface area contributed by atoms with Crippen LogP contribution < -0.4 is 10.6 Å². The van der Waals surface area contributed by atoms with E-state index >= 15 is 0 Å². The molecule has 2 aromatic carbocycles. The summed E-state index contributed by atoms with van der Waals surface area (Å²) in [6.45, 7) is 13.7. The molecule has 4 rings (SSSR count). The van der Waals surface area contributed by atoms with Crippen LogP contribution in [0.3, 0.4) is 0 Å². The first-order chi connectivity index (χ1) is 20.7. The van der Waals surface area contributed by atoms with E-state index in [1.54, 1.807) is 23.1 Å². The van der Waals surface area contributed by atoms with Crippen molar-refractivity contribution in [3.63, 3.8) is 0 Å². The minimum absolute atomic E-state index is 0.143. The van der Waals surface area contributed by atoms with Crippen molar-refractivity contribution >= 4 is 11.8 Å². The first-order valence-corrected chi connectivity index (χ1v) is 15.5. The maximum atomic E-state index is 13.7. The Balaban J connectivity index is 1.55. The minimum atomic E-state index is -0.854. The van der Waals surface area contributed by atoms with Gasteiger partial charge in [0, 0.05) is 41.9 Å². The average molecular weight is 587 g/mol. The van der Waals surface area contributed by atoms with Crippen LogP contribution in [0.1, 0.15) is 91.6 Å². The summed E-state index contributed by atoms with van der Waals surface area (Å²) in [6, 6.07) is 13.0. The van der Waals surface area contributed by atoms with E-state index in [4.69, 9.17) is 4.42 Å². The topological polar surface area (TPSA) is 108 Å². The van der Waals surface area contributed by atoms with Crippen LogP contribution in [0.5, 0.6) is 0 Å². The molecular formula is C35H46N4O4. The number of aryl methyl sites for hydroxylation is 1. The number of amides is 2. The van der Waals surface area contributed by atoms with Gasteiger partial charge in [0.15, 0.2) is 0 Å². The second-order valence-electron chi connectivity index (χ2n) is 11.8. The molecule has 8 nitrogen and oxygen atoms in total. The van der Waals surface area contributed by atoms with Crippen molar-refractivity contribution in [3.8, 4) is 11.5 Å². The number of nitrogens with zero attached hydrogens (tertiary/aromatic N) is 2. The summed E-state index contributed by atoms with van der Waals surface area (Å²) in [7, 11) is 0. The van der Waals surface area contributed by atoms with Crippen LogP contribution in [-0.2, 0) is 12.0 Å². The molecule has 0 radical (unpaired) electrons. The quantitative estimate of drug-likeness (QED) is 0.181. The average Bonchev–Trinajstić information content (AvgIpc) is 3.60. The summed E-state index contributed by atoms with van der Waals surface area (Å²) in [6.07, 6.45) is 7.19. The van der Waals surface area contributed by atoms with Crippen molar-refractivity contribution in [1.29, 1.82) is 0 Å². The Bertz CT molecular complexity index is 1390. The van der Waals surface area contributed by atoms with Crippen LogP contribution in [-0.4, -0.2) is 58.6 Å². The zero-order valence-corrected chi connectivity index (χ0v) is 26.0. The minimum Gasteiger partial charge on any atom is -0.445 e. The molecule has 3 N–H and O–H groups in total. The molecule has 1 aliphatic carbocycles. The largest absolute Gasteiger partial charge is 0.445 e. The highest BCUT2D eigenvalue weighted by Gasteiger charge is 2.44. The molecule has 1 saturated carbocycles. The molecule has 0 unspecified atom stereocenters. The van der Waals surface area contributed by atoms with Crippen molar-refractivity contribution in [3.05, 3.63) is 89.3 Å². The van der Waals surface area contributed by atoms with Crippen LogP contribution in [0.15, 0.2) is 71.5 Å². The number of nitrogens with one attached hydrogen (secondary N) is 2. The van der Waals surface area contributed by atoms with E-state index < -0.39 is 12.1 Å². The standard InChI is InChI=1S/C35H46N4O4/c1-6-15-39(16-7-2)34(42)28-21-26(20-27(22-28)33-36-14-17-43-33)32(41)38-30(18-24(4)5)31(40)23-37-35(12-13-35)29-11-9-10-25(8-3)19-29/h9-11,14,17,19-22,30-31,37,40H,4,6-8,12-13,15-16,18,23H2,1-3,5H3,(H,38,41)/t30-,31+/m0/s1. The Morgan fingerprint density at radius 3 is 2.42 bits per heavy atom. The maximum absolute atomic E-state index is 13.7. The van der Waals surface area contributed by atoms with E-state index in [-0.39, 0.29) is 17.4 Å². The fourth-order valence-corrected chi connectivity index (χ4v) is 5.54. The zero-order chi connectivity index (χ0) is 31.0. The van der Waals surface area contributed by atoms with Gasteiger partial charge < -0.3 is 25.1 Å².